The van der Waals surface area contributed by atoms with Crippen LogP contribution in [0.5, 0.6) is 0 Å². The van der Waals surface area contributed by atoms with Crippen molar-refractivity contribution in [1.29, 1.82) is 0 Å². The quantitative estimate of drug-likeness (QED) is 0.842. The van der Waals surface area contributed by atoms with Gasteiger partial charge in [-0.3, -0.25) is 0 Å². The van der Waals surface area contributed by atoms with Crippen LogP contribution < -0.4 is 15.5 Å². The van der Waals surface area contributed by atoms with Crippen LogP contribution >= 0.6 is 0 Å². The Balaban J connectivity index is 1.93. The predicted octanol–water partition coefficient (Wildman–Crippen LogP) is 1.27. The molecule has 0 aromatic carbocycles. The topological polar surface area (TPSA) is 104 Å². The first-order valence-corrected chi connectivity index (χ1v) is 8.98. The average Bonchev–Trinajstić information content (AvgIpc) is 2.53. The highest BCUT2D eigenvalue weighted by atomic mass is 32.2. The molecule has 0 radical (unpaired) electrons. The van der Waals surface area contributed by atoms with Gasteiger partial charge in [0.1, 0.15) is 5.82 Å². The second-order valence-electron chi connectivity index (χ2n) is 5.38. The number of carbonyl (C=O) groups is 1. The number of nitrogens with zero attached hydrogens (tertiary/aromatic N) is 3. The highest BCUT2D eigenvalue weighted by Gasteiger charge is 2.09. The largest absolute Gasteiger partial charge is 0.363 e. The van der Waals surface area contributed by atoms with Gasteiger partial charge in [0.05, 0.1) is 11.9 Å². The van der Waals surface area contributed by atoms with E-state index < -0.39 is 15.9 Å². The molecule has 9 heteroatoms. The molecule has 8 nitrogen and oxygen atoms in total. The van der Waals surface area contributed by atoms with Gasteiger partial charge in [-0.1, -0.05) is 0 Å². The molecule has 2 aromatic heterocycles. The van der Waals surface area contributed by atoms with Gasteiger partial charge in [0.25, 0.3) is 0 Å². The summed E-state index contributed by atoms with van der Waals surface area (Å²) in [6, 6.07) is 6.11. The lowest BCUT2D eigenvalue weighted by Crippen LogP contribution is -2.28. The zero-order chi connectivity index (χ0) is 17.7. The summed E-state index contributed by atoms with van der Waals surface area (Å²) in [5.74, 6) is 0.801. The lowest BCUT2D eigenvalue weighted by molar-refractivity contribution is 0.251. The van der Waals surface area contributed by atoms with Gasteiger partial charge in [-0.05, 0) is 29.8 Å². The third kappa shape index (κ3) is 4.92. The minimum atomic E-state index is -3.35. The average molecular weight is 349 g/mol. The van der Waals surface area contributed by atoms with Gasteiger partial charge < -0.3 is 15.5 Å². The molecule has 0 bridgehead atoms. The van der Waals surface area contributed by atoms with Crippen molar-refractivity contribution < 1.29 is 13.2 Å². The van der Waals surface area contributed by atoms with Gasteiger partial charge in [-0.15, -0.1) is 0 Å². The number of sulfone groups is 1. The molecule has 128 valence electrons. The van der Waals surface area contributed by atoms with Crippen LogP contribution in [-0.4, -0.2) is 44.8 Å². The third-order valence-electron chi connectivity index (χ3n) is 3.10. The minimum Gasteiger partial charge on any atom is -0.363 e. The Morgan fingerprint density at radius 1 is 1.21 bits per heavy atom. The highest BCUT2D eigenvalue weighted by molar-refractivity contribution is 7.90. The maximum atomic E-state index is 11.9. The van der Waals surface area contributed by atoms with Crippen LogP contribution in [0.3, 0.4) is 0 Å². The van der Waals surface area contributed by atoms with Crippen molar-refractivity contribution in [3.05, 3.63) is 42.2 Å². The third-order valence-corrected chi connectivity index (χ3v) is 4.10. The van der Waals surface area contributed by atoms with E-state index in [4.69, 9.17) is 0 Å². The van der Waals surface area contributed by atoms with Gasteiger partial charge in [0, 0.05) is 33.1 Å². The van der Waals surface area contributed by atoms with Gasteiger partial charge in [0.2, 0.25) is 0 Å². The Morgan fingerprint density at radius 3 is 2.54 bits per heavy atom. The second-order valence-corrected chi connectivity index (χ2v) is 7.34. The van der Waals surface area contributed by atoms with Gasteiger partial charge in [-0.2, -0.15) is 0 Å². The van der Waals surface area contributed by atoms with Crippen molar-refractivity contribution in [2.45, 2.75) is 11.6 Å². The zero-order valence-corrected chi connectivity index (χ0v) is 14.5. The summed E-state index contributed by atoms with van der Waals surface area (Å²) in [5, 5.41) is 5.27. The number of hydrogen-bond donors (Lipinski definition) is 2. The Kier molecular flexibility index (Phi) is 5.35. The first-order chi connectivity index (χ1) is 11.3. The van der Waals surface area contributed by atoms with Crippen LogP contribution in [0, 0.1) is 0 Å². The fourth-order valence-electron chi connectivity index (χ4n) is 1.85. The molecule has 2 aromatic rings. The van der Waals surface area contributed by atoms with E-state index >= 15 is 0 Å². The summed E-state index contributed by atoms with van der Waals surface area (Å²) in [4.78, 5) is 21.8. The van der Waals surface area contributed by atoms with E-state index in [1.54, 1.807) is 6.20 Å². The molecular weight excluding hydrogens is 330 g/mol. The van der Waals surface area contributed by atoms with E-state index in [1.165, 1.54) is 18.3 Å². The van der Waals surface area contributed by atoms with Crippen molar-refractivity contribution in [2.24, 2.45) is 0 Å². The Bertz CT molecular complexity index is 819. The highest BCUT2D eigenvalue weighted by Crippen LogP contribution is 2.11. The molecule has 24 heavy (non-hydrogen) atoms. The normalized spacial score (nSPS) is 11.0. The Hall–Kier alpha value is -2.68. The molecule has 0 unspecified atom stereocenters. The fourth-order valence-corrected chi connectivity index (χ4v) is 2.41. The minimum absolute atomic E-state index is 0.0403. The molecule has 2 heterocycles. The summed E-state index contributed by atoms with van der Waals surface area (Å²) in [7, 11) is 0.422. The maximum Gasteiger partial charge on any atom is 0.319 e. The van der Waals surface area contributed by atoms with E-state index in [0.29, 0.717) is 12.2 Å². The lowest BCUT2D eigenvalue weighted by atomic mass is 10.2. The van der Waals surface area contributed by atoms with Crippen LogP contribution in [0.2, 0.25) is 0 Å². The molecule has 0 saturated carbocycles. The number of aromatic nitrogens is 2. The smallest absolute Gasteiger partial charge is 0.319 e. The first kappa shape index (κ1) is 17.7. The number of carbonyl (C=O) groups excluding carboxylic acids is 1. The standard InChI is InChI=1S/C15H19N5O3S/c1-20(2)13-8-11(6-7-16-13)9-18-15(21)19-12-4-5-14(17-10-12)24(3,22)23/h4-8,10H,9H2,1-3H3,(H2,18,19,21). The van der Waals surface area contributed by atoms with Crippen molar-refractivity contribution in [1.82, 2.24) is 15.3 Å². The van der Waals surface area contributed by atoms with E-state index in [9.17, 15) is 13.2 Å². The van der Waals surface area contributed by atoms with E-state index in [0.717, 1.165) is 17.6 Å². The van der Waals surface area contributed by atoms with Crippen LogP contribution in [0.4, 0.5) is 16.3 Å². The lowest BCUT2D eigenvalue weighted by Gasteiger charge is -2.12. The SMILES string of the molecule is CN(C)c1cc(CNC(=O)Nc2ccc(S(C)(=O)=O)nc2)ccn1. The van der Waals surface area contributed by atoms with Crippen LogP contribution in [-0.2, 0) is 16.4 Å². The van der Waals surface area contributed by atoms with Crippen LogP contribution in [0.1, 0.15) is 5.56 Å². The molecule has 0 fully saturated rings. The molecule has 2 N–H and O–H groups in total. The van der Waals surface area contributed by atoms with Crippen LogP contribution in [0.15, 0.2) is 41.7 Å². The number of nitrogens with one attached hydrogen (secondary N) is 2. The molecule has 0 saturated heterocycles. The van der Waals surface area contributed by atoms with Gasteiger partial charge in [0.15, 0.2) is 14.9 Å². The molecule has 0 aliphatic heterocycles. The van der Waals surface area contributed by atoms with Crippen molar-refractivity contribution in [3.8, 4) is 0 Å². The zero-order valence-electron chi connectivity index (χ0n) is 13.6. The van der Waals surface area contributed by atoms with Crippen LogP contribution in [0.25, 0.3) is 0 Å². The number of urea groups is 1. The second kappa shape index (κ2) is 7.26. The number of anilines is 2. The number of pyridine rings is 2. The van der Waals surface area contributed by atoms with Crippen molar-refractivity contribution in [3.63, 3.8) is 0 Å². The van der Waals surface area contributed by atoms with Gasteiger partial charge >= 0.3 is 6.03 Å². The molecule has 0 atom stereocenters. The van der Waals surface area contributed by atoms with E-state index in [1.807, 2.05) is 31.1 Å². The monoisotopic (exact) mass is 349 g/mol. The molecular formula is C15H19N5O3S. The number of hydrogen-bond acceptors (Lipinski definition) is 6. The fraction of sp³-hybridized carbons (Fsp3) is 0.267. The first-order valence-electron chi connectivity index (χ1n) is 7.09. The molecule has 0 spiro atoms. The van der Waals surface area contributed by atoms with E-state index in [2.05, 4.69) is 20.6 Å². The van der Waals surface area contributed by atoms with Crippen molar-refractivity contribution >= 4 is 27.4 Å². The summed E-state index contributed by atoms with van der Waals surface area (Å²) in [6.07, 6.45) is 4.05. The summed E-state index contributed by atoms with van der Waals surface area (Å²) >= 11 is 0. The summed E-state index contributed by atoms with van der Waals surface area (Å²) in [5.41, 5.74) is 1.32. The molecule has 2 rings (SSSR count). The van der Waals surface area contributed by atoms with Gasteiger partial charge in [-0.25, -0.2) is 23.2 Å². The Morgan fingerprint density at radius 2 is 1.96 bits per heavy atom. The summed E-state index contributed by atoms with van der Waals surface area (Å²) < 4.78 is 22.7. The van der Waals surface area contributed by atoms with E-state index in [-0.39, 0.29) is 5.03 Å². The molecule has 0 aliphatic rings. The predicted molar refractivity (Wildman–Crippen MR) is 91.8 cm³/mol. The molecule has 2 amide bonds. The number of rotatable bonds is 5. The Labute approximate surface area is 140 Å². The summed E-state index contributed by atoms with van der Waals surface area (Å²) in [6.45, 7) is 0.337. The maximum absolute atomic E-state index is 11.9. The molecule has 0 aliphatic carbocycles. The number of amides is 2. The van der Waals surface area contributed by atoms with Crippen molar-refractivity contribution in [2.75, 3.05) is 30.6 Å².